The van der Waals surface area contributed by atoms with Crippen molar-refractivity contribution in [2.24, 2.45) is 0 Å². The van der Waals surface area contributed by atoms with E-state index < -0.39 is 0 Å². The average molecular weight is 562 g/mol. The van der Waals surface area contributed by atoms with Gasteiger partial charge in [0.15, 0.2) is 5.58 Å². The summed E-state index contributed by atoms with van der Waals surface area (Å²) < 4.78 is 6.43. The second-order valence-electron chi connectivity index (χ2n) is 11.5. The minimum atomic E-state index is 0.877. The number of hydrogen-bond donors (Lipinski definition) is 1. The van der Waals surface area contributed by atoms with Crippen LogP contribution in [-0.2, 0) is 0 Å². The van der Waals surface area contributed by atoms with Gasteiger partial charge in [0.2, 0.25) is 0 Å². The molecule has 1 N–H and O–H groups in total. The van der Waals surface area contributed by atoms with Gasteiger partial charge in [0.05, 0.1) is 5.69 Å². The molecule has 1 aromatic heterocycles. The van der Waals surface area contributed by atoms with Crippen LogP contribution in [0.3, 0.4) is 0 Å². The Morgan fingerprint density at radius 1 is 0.409 bits per heavy atom. The summed E-state index contributed by atoms with van der Waals surface area (Å²) in [4.78, 5) is 0. The fraction of sp³-hybridized carbons (Fsp3) is 0. The van der Waals surface area contributed by atoms with E-state index in [1.54, 1.807) is 0 Å². The molecule has 0 aliphatic rings. The summed E-state index contributed by atoms with van der Waals surface area (Å²) >= 11 is 0. The molecule has 0 saturated heterocycles. The van der Waals surface area contributed by atoms with E-state index in [1.807, 2.05) is 12.1 Å². The largest absolute Gasteiger partial charge is 0.454 e. The van der Waals surface area contributed by atoms with Gasteiger partial charge in [0, 0.05) is 16.5 Å². The van der Waals surface area contributed by atoms with E-state index in [2.05, 4.69) is 151 Å². The smallest absolute Gasteiger partial charge is 0.159 e. The van der Waals surface area contributed by atoms with E-state index in [4.69, 9.17) is 4.42 Å². The van der Waals surface area contributed by atoms with Crippen molar-refractivity contribution >= 4 is 65.6 Å². The Bertz CT molecular complexity index is 2520. The summed E-state index contributed by atoms with van der Waals surface area (Å²) in [6, 6.07) is 56.3. The molecule has 0 aliphatic carbocycles. The topological polar surface area (TPSA) is 25.2 Å². The van der Waals surface area contributed by atoms with Gasteiger partial charge in [-0.3, -0.25) is 0 Å². The molecule has 2 nitrogen and oxygen atoms in total. The second kappa shape index (κ2) is 9.86. The summed E-state index contributed by atoms with van der Waals surface area (Å²) in [5.74, 6) is 0. The zero-order chi connectivity index (χ0) is 29.0. The molecule has 0 saturated carbocycles. The molecule has 0 fully saturated rings. The highest BCUT2D eigenvalue weighted by Gasteiger charge is 2.16. The molecular weight excluding hydrogens is 534 g/mol. The van der Waals surface area contributed by atoms with Gasteiger partial charge in [-0.1, -0.05) is 115 Å². The molecule has 8 aromatic carbocycles. The van der Waals surface area contributed by atoms with Crippen molar-refractivity contribution in [3.8, 4) is 22.3 Å². The van der Waals surface area contributed by atoms with Crippen LogP contribution in [0, 0.1) is 0 Å². The van der Waals surface area contributed by atoms with Gasteiger partial charge < -0.3 is 9.73 Å². The molecule has 206 valence electrons. The predicted molar refractivity (Wildman–Crippen MR) is 187 cm³/mol. The Morgan fingerprint density at radius 3 is 1.73 bits per heavy atom. The molecule has 0 aliphatic heterocycles. The van der Waals surface area contributed by atoms with Gasteiger partial charge in [-0.2, -0.15) is 0 Å². The summed E-state index contributed by atoms with van der Waals surface area (Å²) in [5.41, 5.74) is 8.59. The summed E-state index contributed by atoms with van der Waals surface area (Å²) in [7, 11) is 0. The van der Waals surface area contributed by atoms with Crippen LogP contribution in [0.15, 0.2) is 162 Å². The number of hydrogen-bond acceptors (Lipinski definition) is 2. The Morgan fingerprint density at radius 2 is 0.977 bits per heavy atom. The van der Waals surface area contributed by atoms with Crippen LogP contribution in [0.2, 0.25) is 0 Å². The Hall–Kier alpha value is -5.86. The predicted octanol–water partition coefficient (Wildman–Crippen LogP) is 12.1. The molecule has 0 radical (unpaired) electrons. The Balaban J connectivity index is 1.15. The zero-order valence-corrected chi connectivity index (χ0v) is 23.9. The summed E-state index contributed by atoms with van der Waals surface area (Å²) in [6.07, 6.45) is 0. The van der Waals surface area contributed by atoms with Crippen molar-refractivity contribution in [2.75, 3.05) is 5.32 Å². The van der Waals surface area contributed by atoms with Crippen molar-refractivity contribution in [3.63, 3.8) is 0 Å². The quantitative estimate of drug-likeness (QED) is 0.231. The van der Waals surface area contributed by atoms with Gasteiger partial charge >= 0.3 is 0 Å². The van der Waals surface area contributed by atoms with Crippen LogP contribution in [-0.4, -0.2) is 0 Å². The maximum absolute atomic E-state index is 6.43. The van der Waals surface area contributed by atoms with Crippen molar-refractivity contribution < 1.29 is 4.42 Å². The monoisotopic (exact) mass is 561 g/mol. The Labute approximate surface area is 254 Å². The highest BCUT2D eigenvalue weighted by Crippen LogP contribution is 2.41. The SMILES string of the molecule is c1ccc2cc(-c3cc4ccccc4cc3-c3ccc(Nc4cc5ccccc5c5c4oc4ccccc45)cc3)ccc2c1. The van der Waals surface area contributed by atoms with Gasteiger partial charge in [-0.15, -0.1) is 0 Å². The van der Waals surface area contributed by atoms with Crippen LogP contribution in [0.25, 0.3) is 76.5 Å². The third kappa shape index (κ3) is 4.04. The first-order valence-electron chi connectivity index (χ1n) is 15.0. The number of rotatable bonds is 4. The fourth-order valence-electron chi connectivity index (χ4n) is 6.63. The molecule has 9 aromatic rings. The molecule has 0 amide bonds. The Kier molecular flexibility index (Phi) is 5.54. The first-order valence-corrected chi connectivity index (χ1v) is 15.0. The van der Waals surface area contributed by atoms with E-state index in [1.165, 1.54) is 54.6 Å². The molecular formula is C42H27NO. The molecule has 9 rings (SSSR count). The minimum Gasteiger partial charge on any atom is -0.454 e. The number of fused-ring (bicyclic) bond motifs is 7. The number of benzene rings is 8. The minimum absolute atomic E-state index is 0.877. The third-order valence-electron chi connectivity index (χ3n) is 8.79. The van der Waals surface area contributed by atoms with Crippen molar-refractivity contribution in [1.29, 1.82) is 0 Å². The van der Waals surface area contributed by atoms with Gasteiger partial charge in [0.1, 0.15) is 5.58 Å². The molecule has 44 heavy (non-hydrogen) atoms. The van der Waals surface area contributed by atoms with Crippen LogP contribution < -0.4 is 5.32 Å². The highest BCUT2D eigenvalue weighted by atomic mass is 16.3. The number of anilines is 2. The molecule has 0 spiro atoms. The first kappa shape index (κ1) is 24.7. The average Bonchev–Trinajstić information content (AvgIpc) is 3.48. The number of nitrogens with one attached hydrogen (secondary N) is 1. The van der Waals surface area contributed by atoms with Crippen LogP contribution >= 0.6 is 0 Å². The molecule has 0 bridgehead atoms. The lowest BCUT2D eigenvalue weighted by Gasteiger charge is -2.15. The van der Waals surface area contributed by atoms with Gasteiger partial charge in [-0.05, 0) is 97.0 Å². The third-order valence-corrected chi connectivity index (χ3v) is 8.79. The summed E-state index contributed by atoms with van der Waals surface area (Å²) in [6.45, 7) is 0. The maximum atomic E-state index is 6.43. The van der Waals surface area contributed by atoms with Gasteiger partial charge in [-0.25, -0.2) is 0 Å². The standard InChI is InChI=1S/C42H27NO/c1-2-10-29-23-33(18-17-27(29)9-1)38-25-31-12-4-3-11-30(31)24-37(38)28-19-21-34(22-20-28)43-39-26-32-13-5-6-14-35(32)41-36-15-7-8-16-40(36)44-42(39)41/h1-26,43H. The van der Waals surface area contributed by atoms with E-state index in [0.717, 1.165) is 33.3 Å². The summed E-state index contributed by atoms with van der Waals surface area (Å²) in [5, 5.41) is 13.3. The van der Waals surface area contributed by atoms with Gasteiger partial charge in [0.25, 0.3) is 0 Å². The molecule has 1 heterocycles. The second-order valence-corrected chi connectivity index (χ2v) is 11.5. The highest BCUT2D eigenvalue weighted by molar-refractivity contribution is 6.22. The normalized spacial score (nSPS) is 11.6. The first-order chi connectivity index (χ1) is 21.8. The molecule has 2 heteroatoms. The van der Waals surface area contributed by atoms with Crippen LogP contribution in [0.1, 0.15) is 0 Å². The van der Waals surface area contributed by atoms with Crippen LogP contribution in [0.5, 0.6) is 0 Å². The van der Waals surface area contributed by atoms with Crippen molar-refractivity contribution in [1.82, 2.24) is 0 Å². The lowest BCUT2D eigenvalue weighted by atomic mass is 9.90. The number of para-hydroxylation sites is 1. The lowest BCUT2D eigenvalue weighted by molar-refractivity contribution is 0.670. The van der Waals surface area contributed by atoms with Crippen LogP contribution in [0.4, 0.5) is 11.4 Å². The maximum Gasteiger partial charge on any atom is 0.159 e. The van der Waals surface area contributed by atoms with E-state index in [-0.39, 0.29) is 0 Å². The van der Waals surface area contributed by atoms with E-state index in [0.29, 0.717) is 0 Å². The number of furan rings is 1. The zero-order valence-electron chi connectivity index (χ0n) is 23.9. The molecule has 0 unspecified atom stereocenters. The lowest BCUT2D eigenvalue weighted by Crippen LogP contribution is -1.92. The van der Waals surface area contributed by atoms with Crippen molar-refractivity contribution in [2.45, 2.75) is 0 Å². The fourth-order valence-corrected chi connectivity index (χ4v) is 6.63. The van der Waals surface area contributed by atoms with Crippen molar-refractivity contribution in [3.05, 3.63) is 158 Å². The van der Waals surface area contributed by atoms with E-state index >= 15 is 0 Å². The van der Waals surface area contributed by atoms with E-state index in [9.17, 15) is 0 Å². The molecule has 0 atom stereocenters.